The summed E-state index contributed by atoms with van der Waals surface area (Å²) in [5.41, 5.74) is 4.30. The summed E-state index contributed by atoms with van der Waals surface area (Å²) in [6.45, 7) is 7.86. The average Bonchev–Trinajstić information content (AvgIpc) is 2.59. The van der Waals surface area contributed by atoms with Gasteiger partial charge in [0.2, 0.25) is 0 Å². The third-order valence-electron chi connectivity index (χ3n) is 2.70. The molecule has 1 aromatic rings. The lowest BCUT2D eigenvalue weighted by Gasteiger charge is -2.19. The number of aryl methyl sites for hydroxylation is 1. The summed E-state index contributed by atoms with van der Waals surface area (Å²) < 4.78 is 14.9. The highest BCUT2D eigenvalue weighted by Gasteiger charge is 2.23. The molecule has 1 aliphatic carbocycles. The topological polar surface area (TPSA) is 42.0 Å². The van der Waals surface area contributed by atoms with Gasteiger partial charge in [-0.1, -0.05) is 6.08 Å². The van der Waals surface area contributed by atoms with E-state index in [0.29, 0.717) is 0 Å². The van der Waals surface area contributed by atoms with Gasteiger partial charge in [-0.15, -0.1) is 0 Å². The van der Waals surface area contributed by atoms with Gasteiger partial charge in [0.1, 0.15) is 11.0 Å². The predicted octanol–water partition coefficient (Wildman–Crippen LogP) is 2.34. The normalized spacial score (nSPS) is 16.4. The molecule has 4 heteroatoms. The van der Waals surface area contributed by atoms with Gasteiger partial charge in [0.15, 0.2) is 0 Å². The van der Waals surface area contributed by atoms with Gasteiger partial charge in [-0.3, -0.25) is 4.98 Å². The van der Waals surface area contributed by atoms with E-state index >= 15 is 0 Å². The van der Waals surface area contributed by atoms with Crippen molar-refractivity contribution in [1.29, 1.82) is 0 Å². The molecule has 1 aliphatic rings. The second-order valence-corrected chi connectivity index (χ2v) is 7.25. The molecule has 0 fully saturated rings. The summed E-state index contributed by atoms with van der Waals surface area (Å²) in [6, 6.07) is 2.08. The molecule has 17 heavy (non-hydrogen) atoms. The van der Waals surface area contributed by atoms with Gasteiger partial charge in [-0.05, 0) is 45.7 Å². The molecule has 0 saturated carbocycles. The molecule has 1 atom stereocenters. The highest BCUT2D eigenvalue weighted by Crippen LogP contribution is 2.26. The number of nitrogens with zero attached hydrogens (tertiary/aromatic N) is 1. The Hall–Kier alpha value is -1.16. The molecule has 0 bridgehead atoms. The van der Waals surface area contributed by atoms with Crippen LogP contribution in [0.15, 0.2) is 18.3 Å². The van der Waals surface area contributed by atoms with E-state index in [1.54, 1.807) is 0 Å². The Bertz CT molecular complexity index is 501. The van der Waals surface area contributed by atoms with Crippen molar-refractivity contribution >= 4 is 16.7 Å². The zero-order valence-corrected chi connectivity index (χ0v) is 11.5. The van der Waals surface area contributed by atoms with E-state index in [-0.39, 0.29) is 4.75 Å². The van der Waals surface area contributed by atoms with Crippen LogP contribution in [0.1, 0.15) is 37.6 Å². The van der Waals surface area contributed by atoms with Crippen LogP contribution >= 0.6 is 0 Å². The number of pyridine rings is 1. The summed E-state index contributed by atoms with van der Waals surface area (Å²) in [4.78, 5) is 4.29. The Balaban J connectivity index is 2.20. The molecule has 0 unspecified atom stereocenters. The maximum atomic E-state index is 12.0. The molecular weight excluding hydrogens is 232 g/mol. The van der Waals surface area contributed by atoms with Crippen molar-refractivity contribution in [3.05, 3.63) is 35.2 Å². The molecule has 0 aliphatic heterocycles. The van der Waals surface area contributed by atoms with Gasteiger partial charge in [0.25, 0.3) is 0 Å². The second kappa shape index (κ2) is 4.26. The summed E-state index contributed by atoms with van der Waals surface area (Å²) >= 11 is 0. The predicted molar refractivity (Wildman–Crippen MR) is 71.7 cm³/mol. The van der Waals surface area contributed by atoms with Crippen molar-refractivity contribution < 1.29 is 4.21 Å². The summed E-state index contributed by atoms with van der Waals surface area (Å²) in [6.07, 6.45) is 4.83. The second-order valence-electron chi connectivity index (χ2n) is 5.29. The van der Waals surface area contributed by atoms with Crippen LogP contribution < -0.4 is 4.72 Å². The monoisotopic (exact) mass is 250 g/mol. The molecule has 0 radical (unpaired) electrons. The molecule has 0 saturated heterocycles. The lowest BCUT2D eigenvalue weighted by Crippen LogP contribution is -2.32. The third kappa shape index (κ3) is 2.57. The maximum Gasteiger partial charge on any atom is 0.122 e. The number of aromatic nitrogens is 1. The van der Waals surface area contributed by atoms with E-state index in [9.17, 15) is 4.21 Å². The summed E-state index contributed by atoms with van der Waals surface area (Å²) in [5, 5.41) is 0. The largest absolute Gasteiger partial charge is 0.304 e. The number of nitrogens with one attached hydrogen (secondary N) is 1. The van der Waals surface area contributed by atoms with E-state index in [1.165, 1.54) is 5.56 Å². The number of allylic oxidation sites excluding steroid dienone is 1. The Morgan fingerprint density at radius 2 is 2.12 bits per heavy atom. The van der Waals surface area contributed by atoms with Crippen molar-refractivity contribution in [2.24, 2.45) is 0 Å². The minimum absolute atomic E-state index is 0.262. The highest BCUT2D eigenvalue weighted by atomic mass is 32.2. The van der Waals surface area contributed by atoms with E-state index in [1.807, 2.05) is 33.9 Å². The SMILES string of the molecule is Cc1cc2c(cn1)C(N[S@](=O)C(C)(C)C)=CC2. The fourth-order valence-electron chi connectivity index (χ4n) is 1.70. The average molecular weight is 250 g/mol. The lowest BCUT2D eigenvalue weighted by atomic mass is 10.1. The van der Waals surface area contributed by atoms with Crippen LogP contribution in [0, 0.1) is 6.92 Å². The highest BCUT2D eigenvalue weighted by molar-refractivity contribution is 7.84. The van der Waals surface area contributed by atoms with E-state index in [0.717, 1.165) is 23.4 Å². The first-order valence-electron chi connectivity index (χ1n) is 5.72. The Labute approximate surface area is 105 Å². The zero-order valence-electron chi connectivity index (χ0n) is 10.7. The zero-order chi connectivity index (χ0) is 12.6. The molecule has 0 aromatic carbocycles. The first-order valence-corrected chi connectivity index (χ1v) is 6.87. The van der Waals surface area contributed by atoms with Crippen molar-refractivity contribution in [2.75, 3.05) is 0 Å². The molecule has 1 N–H and O–H groups in total. The lowest BCUT2D eigenvalue weighted by molar-refractivity contribution is 0.645. The van der Waals surface area contributed by atoms with E-state index < -0.39 is 11.0 Å². The van der Waals surface area contributed by atoms with Crippen molar-refractivity contribution in [3.63, 3.8) is 0 Å². The third-order valence-corrected chi connectivity index (χ3v) is 4.22. The van der Waals surface area contributed by atoms with Gasteiger partial charge in [0.05, 0.1) is 10.4 Å². The molecule has 2 rings (SSSR count). The first kappa shape index (κ1) is 12.3. The van der Waals surface area contributed by atoms with Crippen molar-refractivity contribution in [3.8, 4) is 0 Å². The fraction of sp³-hybridized carbons (Fsp3) is 0.462. The van der Waals surface area contributed by atoms with Crippen molar-refractivity contribution in [2.45, 2.75) is 38.9 Å². The Morgan fingerprint density at radius 1 is 1.41 bits per heavy atom. The van der Waals surface area contributed by atoms with Crippen LogP contribution in [0.2, 0.25) is 0 Å². The molecule has 1 heterocycles. The van der Waals surface area contributed by atoms with Gasteiger partial charge in [-0.2, -0.15) is 0 Å². The van der Waals surface area contributed by atoms with E-state index in [2.05, 4.69) is 21.8 Å². The van der Waals surface area contributed by atoms with Crippen LogP contribution in [0.3, 0.4) is 0 Å². The Kier molecular flexibility index (Phi) is 3.08. The van der Waals surface area contributed by atoms with Crippen LogP contribution in [0.5, 0.6) is 0 Å². The number of hydrogen-bond acceptors (Lipinski definition) is 2. The molecular formula is C13H18N2OS. The smallest absolute Gasteiger partial charge is 0.122 e. The minimum Gasteiger partial charge on any atom is -0.304 e. The number of hydrogen-bond donors (Lipinski definition) is 1. The van der Waals surface area contributed by atoms with Gasteiger partial charge in [0, 0.05) is 17.5 Å². The van der Waals surface area contributed by atoms with Crippen molar-refractivity contribution in [1.82, 2.24) is 9.71 Å². The Morgan fingerprint density at radius 3 is 2.76 bits per heavy atom. The number of rotatable bonds is 2. The van der Waals surface area contributed by atoms with Crippen LogP contribution in [-0.4, -0.2) is 13.9 Å². The minimum atomic E-state index is -1.09. The molecule has 0 amide bonds. The first-order chi connectivity index (χ1) is 7.88. The molecule has 0 spiro atoms. The van der Waals surface area contributed by atoms with E-state index in [4.69, 9.17) is 0 Å². The van der Waals surface area contributed by atoms with Gasteiger partial charge >= 0.3 is 0 Å². The summed E-state index contributed by atoms with van der Waals surface area (Å²) in [7, 11) is -1.09. The molecule has 92 valence electrons. The molecule has 3 nitrogen and oxygen atoms in total. The quantitative estimate of drug-likeness (QED) is 0.875. The summed E-state index contributed by atoms with van der Waals surface area (Å²) in [5.74, 6) is 0. The van der Waals surface area contributed by atoms with Crippen LogP contribution in [0.25, 0.3) is 5.70 Å². The standard InChI is InChI=1S/C13H18N2OS/c1-9-7-10-5-6-12(11(10)8-14-9)15-17(16)13(2,3)4/h6-8,15H,5H2,1-4H3/t17-/m1/s1. The van der Waals surface area contributed by atoms with Crippen LogP contribution in [0.4, 0.5) is 0 Å². The van der Waals surface area contributed by atoms with Crippen LogP contribution in [-0.2, 0) is 17.4 Å². The fourth-order valence-corrected chi connectivity index (χ4v) is 2.40. The van der Waals surface area contributed by atoms with Gasteiger partial charge in [-0.25, -0.2) is 4.21 Å². The maximum absolute atomic E-state index is 12.0. The van der Waals surface area contributed by atoms with Gasteiger partial charge < -0.3 is 4.72 Å². The molecule has 1 aromatic heterocycles. The number of fused-ring (bicyclic) bond motifs is 1.